The van der Waals surface area contributed by atoms with Gasteiger partial charge in [0.1, 0.15) is 12.6 Å². The summed E-state index contributed by atoms with van der Waals surface area (Å²) in [6, 6.07) is 0. The molecule has 2 atom stereocenters. The SMILES string of the molecule is CCCCCCCCCCCCOP(=O)([O-])OCC(O)C[N+](C)(C)CCCCCCCCCCCC. The lowest BCUT2D eigenvalue weighted by atomic mass is 10.1. The number of phosphoric acid groups is 1. The van der Waals surface area contributed by atoms with Crippen LogP contribution >= 0.6 is 7.82 Å². The number of hydrogen-bond acceptors (Lipinski definition) is 5. The third-order valence-corrected chi connectivity index (χ3v) is 7.96. The summed E-state index contributed by atoms with van der Waals surface area (Å²) in [5.74, 6) is 0. The van der Waals surface area contributed by atoms with Crippen molar-refractivity contribution >= 4 is 7.82 Å². The smallest absolute Gasteiger partial charge is 0.267 e. The fraction of sp³-hybridized carbons (Fsp3) is 1.00. The molecule has 0 bridgehead atoms. The molecule has 2 unspecified atom stereocenters. The Hall–Kier alpha value is 0.0300. The number of hydrogen-bond donors (Lipinski definition) is 1. The maximum absolute atomic E-state index is 12.0. The zero-order valence-electron chi connectivity index (χ0n) is 24.5. The first-order valence-corrected chi connectivity index (χ1v) is 16.8. The highest BCUT2D eigenvalue weighted by Gasteiger charge is 2.22. The molecule has 0 rings (SSSR count). The van der Waals surface area contributed by atoms with Gasteiger partial charge in [0.05, 0.1) is 33.9 Å². The van der Waals surface area contributed by atoms with E-state index < -0.39 is 13.9 Å². The molecule has 36 heavy (non-hydrogen) atoms. The number of likely N-dealkylation sites (N-methyl/N-ethyl adjacent to an activating group) is 1. The van der Waals surface area contributed by atoms with E-state index >= 15 is 0 Å². The van der Waals surface area contributed by atoms with Crippen molar-refractivity contribution in [3.63, 3.8) is 0 Å². The zero-order valence-corrected chi connectivity index (χ0v) is 25.4. The highest BCUT2D eigenvalue weighted by Crippen LogP contribution is 2.38. The van der Waals surface area contributed by atoms with Gasteiger partial charge >= 0.3 is 0 Å². The lowest BCUT2D eigenvalue weighted by Crippen LogP contribution is -2.47. The van der Waals surface area contributed by atoms with Crippen molar-refractivity contribution in [1.82, 2.24) is 0 Å². The summed E-state index contributed by atoms with van der Waals surface area (Å²) in [7, 11) is -0.195. The van der Waals surface area contributed by atoms with Gasteiger partial charge in [-0.2, -0.15) is 0 Å². The van der Waals surface area contributed by atoms with Gasteiger partial charge in [-0.3, -0.25) is 4.57 Å². The third-order valence-electron chi connectivity index (χ3n) is 6.99. The second kappa shape index (κ2) is 24.1. The van der Waals surface area contributed by atoms with Gasteiger partial charge in [-0.15, -0.1) is 0 Å². The third kappa shape index (κ3) is 25.7. The molecule has 0 aromatic carbocycles. The molecule has 0 fully saturated rings. The van der Waals surface area contributed by atoms with Gasteiger partial charge in [-0.25, -0.2) is 0 Å². The van der Waals surface area contributed by atoms with Gasteiger partial charge in [-0.05, 0) is 19.3 Å². The van der Waals surface area contributed by atoms with E-state index in [9.17, 15) is 14.6 Å². The Balaban J connectivity index is 3.73. The van der Waals surface area contributed by atoms with Crippen LogP contribution in [-0.2, 0) is 13.6 Å². The summed E-state index contributed by atoms with van der Waals surface area (Å²) in [5, 5.41) is 10.3. The topological polar surface area (TPSA) is 78.8 Å². The van der Waals surface area contributed by atoms with E-state index in [4.69, 9.17) is 9.05 Å². The first-order chi connectivity index (χ1) is 17.2. The summed E-state index contributed by atoms with van der Waals surface area (Å²) in [4.78, 5) is 12.0. The summed E-state index contributed by atoms with van der Waals surface area (Å²) in [6.07, 6.45) is 24.1. The van der Waals surface area contributed by atoms with Crippen LogP contribution in [0.3, 0.4) is 0 Å². The molecular weight excluding hydrogens is 473 g/mol. The Labute approximate surface area is 224 Å². The molecule has 1 N–H and O–H groups in total. The van der Waals surface area contributed by atoms with E-state index in [1.165, 1.54) is 103 Å². The van der Waals surface area contributed by atoms with Gasteiger partial charge < -0.3 is 23.5 Å². The molecule has 218 valence electrons. The number of aliphatic hydroxyl groups is 1. The van der Waals surface area contributed by atoms with Crippen LogP contribution in [0, 0.1) is 0 Å². The van der Waals surface area contributed by atoms with Crippen LogP contribution in [0.5, 0.6) is 0 Å². The predicted octanol–water partition coefficient (Wildman–Crippen LogP) is 7.77. The molecule has 0 radical (unpaired) electrons. The fourth-order valence-corrected chi connectivity index (χ4v) is 5.50. The number of rotatable bonds is 28. The number of aliphatic hydroxyl groups excluding tert-OH is 1. The predicted molar refractivity (Wildman–Crippen MR) is 151 cm³/mol. The van der Waals surface area contributed by atoms with Gasteiger partial charge in [-0.1, -0.05) is 123 Å². The van der Waals surface area contributed by atoms with E-state index in [0.29, 0.717) is 11.0 Å². The van der Waals surface area contributed by atoms with Crippen molar-refractivity contribution in [2.45, 2.75) is 148 Å². The zero-order chi connectivity index (χ0) is 27.0. The summed E-state index contributed by atoms with van der Waals surface area (Å²) >= 11 is 0. The second-order valence-corrected chi connectivity index (χ2v) is 12.8. The first-order valence-electron chi connectivity index (χ1n) is 15.3. The van der Waals surface area contributed by atoms with E-state index in [-0.39, 0.29) is 13.2 Å². The van der Waals surface area contributed by atoms with Crippen LogP contribution in [-0.4, -0.2) is 56.1 Å². The lowest BCUT2D eigenvalue weighted by Gasteiger charge is -2.32. The molecule has 0 aromatic rings. The average Bonchev–Trinajstić information content (AvgIpc) is 2.82. The highest BCUT2D eigenvalue weighted by molar-refractivity contribution is 7.45. The van der Waals surface area contributed by atoms with Crippen molar-refractivity contribution in [3.05, 3.63) is 0 Å². The number of phosphoric ester groups is 1. The van der Waals surface area contributed by atoms with Gasteiger partial charge in [0.2, 0.25) is 0 Å². The molecule has 0 saturated carbocycles. The van der Waals surface area contributed by atoms with Crippen LogP contribution in [0.25, 0.3) is 0 Å². The molecule has 0 aliphatic carbocycles. The van der Waals surface area contributed by atoms with Gasteiger partial charge in [0.25, 0.3) is 7.82 Å². The Morgan fingerprint density at radius 1 is 0.667 bits per heavy atom. The summed E-state index contributed by atoms with van der Waals surface area (Å²) in [5.41, 5.74) is 0. The number of nitrogens with zero attached hydrogens (tertiary/aromatic N) is 1. The molecule has 0 saturated heterocycles. The van der Waals surface area contributed by atoms with E-state index in [1.807, 2.05) is 0 Å². The Morgan fingerprint density at radius 2 is 1.06 bits per heavy atom. The quantitative estimate of drug-likeness (QED) is 0.0629. The van der Waals surface area contributed by atoms with Gasteiger partial charge in [0.15, 0.2) is 0 Å². The maximum Gasteiger partial charge on any atom is 0.267 e. The maximum atomic E-state index is 12.0. The molecule has 0 heterocycles. The Morgan fingerprint density at radius 3 is 1.50 bits per heavy atom. The van der Waals surface area contributed by atoms with E-state index in [1.54, 1.807) is 0 Å². The summed E-state index contributed by atoms with van der Waals surface area (Å²) < 4.78 is 22.6. The minimum Gasteiger partial charge on any atom is -0.756 e. The minimum absolute atomic E-state index is 0.160. The molecule has 0 aliphatic heterocycles. The average molecular weight is 536 g/mol. The molecule has 7 heteroatoms. The normalized spacial score (nSPS) is 14.7. The van der Waals surface area contributed by atoms with E-state index in [2.05, 4.69) is 27.9 Å². The van der Waals surface area contributed by atoms with Crippen LogP contribution in [0.15, 0.2) is 0 Å². The molecular formula is C29H62NO5P. The van der Waals surface area contributed by atoms with Gasteiger partial charge in [0, 0.05) is 0 Å². The summed E-state index contributed by atoms with van der Waals surface area (Å²) in [6.45, 7) is 5.85. The Bertz CT molecular complexity index is 518. The largest absolute Gasteiger partial charge is 0.756 e. The number of quaternary nitrogens is 1. The Kier molecular flexibility index (Phi) is 24.1. The van der Waals surface area contributed by atoms with Crippen molar-refractivity contribution in [2.24, 2.45) is 0 Å². The first kappa shape index (κ1) is 36.0. The molecule has 6 nitrogen and oxygen atoms in total. The molecule has 0 spiro atoms. The van der Waals surface area contributed by atoms with Crippen LogP contribution in [0.1, 0.15) is 142 Å². The molecule has 0 aromatic heterocycles. The standard InChI is InChI=1S/C29H62NO5P/c1-5-7-9-11-13-15-17-19-21-23-25-30(3,4)27-29(31)28-35-36(32,33)34-26-24-22-20-18-16-14-12-10-8-6-2/h29,31H,5-28H2,1-4H3. The van der Waals surface area contributed by atoms with Crippen molar-refractivity contribution in [1.29, 1.82) is 0 Å². The van der Waals surface area contributed by atoms with Crippen LogP contribution < -0.4 is 4.89 Å². The molecule has 0 aliphatic rings. The fourth-order valence-electron chi connectivity index (χ4n) is 4.72. The number of unbranched alkanes of at least 4 members (excludes halogenated alkanes) is 18. The van der Waals surface area contributed by atoms with Crippen molar-refractivity contribution < 1.29 is 28.1 Å². The monoisotopic (exact) mass is 535 g/mol. The second-order valence-electron chi connectivity index (χ2n) is 11.4. The molecule has 0 amide bonds. The van der Waals surface area contributed by atoms with E-state index in [0.717, 1.165) is 32.2 Å². The van der Waals surface area contributed by atoms with Crippen LogP contribution in [0.4, 0.5) is 0 Å². The van der Waals surface area contributed by atoms with Crippen molar-refractivity contribution in [2.75, 3.05) is 40.4 Å². The minimum atomic E-state index is -4.35. The van der Waals surface area contributed by atoms with Crippen LogP contribution in [0.2, 0.25) is 0 Å². The highest BCUT2D eigenvalue weighted by atomic mass is 31.2. The van der Waals surface area contributed by atoms with Crippen molar-refractivity contribution in [3.8, 4) is 0 Å². The lowest BCUT2D eigenvalue weighted by molar-refractivity contribution is -0.893.